The minimum Gasteiger partial charge on any atom is -0.322 e. The molecule has 0 fully saturated rings. The van der Waals surface area contributed by atoms with Gasteiger partial charge >= 0.3 is 0 Å². The van der Waals surface area contributed by atoms with Crippen LogP contribution in [-0.2, 0) is 0 Å². The molecule has 2 rings (SSSR count). The van der Waals surface area contributed by atoms with Gasteiger partial charge in [-0.15, -0.1) is 0 Å². The number of amides is 1. The summed E-state index contributed by atoms with van der Waals surface area (Å²) in [6.45, 7) is 3.98. The fourth-order valence-corrected chi connectivity index (χ4v) is 2.58. The van der Waals surface area contributed by atoms with Crippen molar-refractivity contribution in [1.82, 2.24) is 0 Å². The normalized spacial score (nSPS) is 10.4. The van der Waals surface area contributed by atoms with Crippen molar-refractivity contribution in [1.29, 1.82) is 0 Å². The van der Waals surface area contributed by atoms with E-state index in [-0.39, 0.29) is 5.91 Å². The zero-order valence-electron chi connectivity index (χ0n) is 10.9. The molecule has 0 aliphatic rings. The van der Waals surface area contributed by atoms with Crippen LogP contribution in [-0.4, -0.2) is 5.91 Å². The summed E-state index contributed by atoms with van der Waals surface area (Å²) in [4.78, 5) is 12.2. The van der Waals surface area contributed by atoms with E-state index >= 15 is 0 Å². The highest BCUT2D eigenvalue weighted by Crippen LogP contribution is 2.26. The van der Waals surface area contributed by atoms with E-state index in [0.29, 0.717) is 15.1 Å². The Labute approximate surface area is 139 Å². The van der Waals surface area contributed by atoms with Crippen LogP contribution in [0.2, 0.25) is 5.02 Å². The molecule has 1 N–H and O–H groups in total. The summed E-state index contributed by atoms with van der Waals surface area (Å²) in [7, 11) is 0. The number of halogens is 3. The van der Waals surface area contributed by atoms with Gasteiger partial charge in [-0.25, -0.2) is 0 Å². The molecule has 0 aliphatic carbocycles. The summed E-state index contributed by atoms with van der Waals surface area (Å²) in [6.07, 6.45) is 0. The van der Waals surface area contributed by atoms with E-state index in [1.807, 2.05) is 26.0 Å². The number of carbonyl (C=O) groups is 1. The molecular formula is C15H12Br2ClNO. The van der Waals surface area contributed by atoms with Gasteiger partial charge in [0.15, 0.2) is 0 Å². The van der Waals surface area contributed by atoms with Crippen molar-refractivity contribution >= 4 is 55.1 Å². The molecule has 2 aromatic rings. The summed E-state index contributed by atoms with van der Waals surface area (Å²) in [6, 6.07) is 8.95. The van der Waals surface area contributed by atoms with Gasteiger partial charge in [-0.1, -0.05) is 27.5 Å². The van der Waals surface area contributed by atoms with E-state index in [4.69, 9.17) is 11.6 Å². The second kappa shape index (κ2) is 6.29. The third-order valence-electron chi connectivity index (χ3n) is 2.88. The second-order valence-electron chi connectivity index (χ2n) is 4.51. The number of hydrogen-bond donors (Lipinski definition) is 1. The molecule has 2 nitrogen and oxygen atoms in total. The highest BCUT2D eigenvalue weighted by molar-refractivity contribution is 9.10. The first-order valence-electron chi connectivity index (χ1n) is 5.91. The number of rotatable bonds is 2. The average molecular weight is 418 g/mol. The number of carbonyl (C=O) groups excluding carboxylic acids is 1. The van der Waals surface area contributed by atoms with Crippen LogP contribution < -0.4 is 5.32 Å². The molecule has 104 valence electrons. The Balaban J connectivity index is 2.25. The molecule has 0 unspecified atom stereocenters. The lowest BCUT2D eigenvalue weighted by atomic mass is 10.1. The molecule has 0 heterocycles. The molecule has 0 radical (unpaired) electrons. The van der Waals surface area contributed by atoms with Crippen LogP contribution in [0.15, 0.2) is 39.3 Å². The Hall–Kier alpha value is -0.840. The van der Waals surface area contributed by atoms with Gasteiger partial charge in [-0.3, -0.25) is 4.79 Å². The van der Waals surface area contributed by atoms with Gasteiger partial charge in [0.1, 0.15) is 0 Å². The van der Waals surface area contributed by atoms with Gasteiger partial charge in [-0.05, 0) is 71.2 Å². The predicted molar refractivity (Wildman–Crippen MR) is 90.7 cm³/mol. The molecule has 5 heteroatoms. The van der Waals surface area contributed by atoms with Gasteiger partial charge in [0.25, 0.3) is 5.91 Å². The number of aryl methyl sites for hydroxylation is 2. The van der Waals surface area contributed by atoms with Crippen molar-refractivity contribution in [3.8, 4) is 0 Å². The maximum Gasteiger partial charge on any atom is 0.255 e. The largest absolute Gasteiger partial charge is 0.322 e. The van der Waals surface area contributed by atoms with Crippen LogP contribution in [0.3, 0.4) is 0 Å². The first-order chi connectivity index (χ1) is 9.38. The quantitative estimate of drug-likeness (QED) is 0.664. The molecule has 20 heavy (non-hydrogen) atoms. The fourth-order valence-electron chi connectivity index (χ4n) is 1.86. The van der Waals surface area contributed by atoms with Crippen molar-refractivity contribution in [3.63, 3.8) is 0 Å². The van der Waals surface area contributed by atoms with Crippen molar-refractivity contribution in [3.05, 3.63) is 61.0 Å². The van der Waals surface area contributed by atoms with Crippen molar-refractivity contribution in [2.75, 3.05) is 5.32 Å². The zero-order valence-corrected chi connectivity index (χ0v) is 14.9. The molecule has 0 aliphatic heterocycles. The van der Waals surface area contributed by atoms with Gasteiger partial charge in [-0.2, -0.15) is 0 Å². The van der Waals surface area contributed by atoms with E-state index in [1.54, 1.807) is 18.2 Å². The monoisotopic (exact) mass is 415 g/mol. The lowest BCUT2D eigenvalue weighted by molar-refractivity contribution is 0.102. The molecule has 0 spiro atoms. The van der Waals surface area contributed by atoms with Crippen LogP contribution in [0.1, 0.15) is 21.5 Å². The topological polar surface area (TPSA) is 29.1 Å². The molecule has 0 saturated heterocycles. The van der Waals surface area contributed by atoms with Crippen LogP contribution in [0, 0.1) is 13.8 Å². The summed E-state index contributed by atoms with van der Waals surface area (Å²) in [5, 5.41) is 3.47. The lowest BCUT2D eigenvalue weighted by Gasteiger charge is -2.10. The third kappa shape index (κ3) is 3.43. The number of nitrogens with one attached hydrogen (secondary N) is 1. The number of hydrogen-bond acceptors (Lipinski definition) is 1. The average Bonchev–Trinajstić information content (AvgIpc) is 2.39. The lowest BCUT2D eigenvalue weighted by Crippen LogP contribution is -2.12. The van der Waals surface area contributed by atoms with E-state index in [2.05, 4.69) is 37.2 Å². The molecule has 0 aromatic heterocycles. The Morgan fingerprint density at radius 1 is 1.10 bits per heavy atom. The maximum atomic E-state index is 12.2. The van der Waals surface area contributed by atoms with Crippen LogP contribution >= 0.6 is 43.5 Å². The van der Waals surface area contributed by atoms with Crippen molar-refractivity contribution in [2.45, 2.75) is 13.8 Å². The highest BCUT2D eigenvalue weighted by Gasteiger charge is 2.10. The van der Waals surface area contributed by atoms with Crippen LogP contribution in [0.25, 0.3) is 0 Å². The smallest absolute Gasteiger partial charge is 0.255 e. The standard InChI is InChI=1S/C15H12Br2ClNO/c1-8-5-11(6-9(2)14(8)17)19-15(20)10-3-4-13(18)12(16)7-10/h3-7H,1-2H3,(H,19,20). The SMILES string of the molecule is Cc1cc(NC(=O)c2ccc(Cl)c(Br)c2)cc(C)c1Br. The summed E-state index contributed by atoms with van der Waals surface area (Å²) in [5.74, 6) is -0.163. The molecule has 1 amide bonds. The Morgan fingerprint density at radius 2 is 1.70 bits per heavy atom. The predicted octanol–water partition coefficient (Wildman–Crippen LogP) is 5.73. The van der Waals surface area contributed by atoms with Crippen molar-refractivity contribution < 1.29 is 4.79 Å². The summed E-state index contributed by atoms with van der Waals surface area (Å²) in [5.41, 5.74) is 3.49. The van der Waals surface area contributed by atoms with Crippen molar-refractivity contribution in [2.24, 2.45) is 0 Å². The van der Waals surface area contributed by atoms with Gasteiger partial charge < -0.3 is 5.32 Å². The van der Waals surface area contributed by atoms with Crippen LogP contribution in [0.5, 0.6) is 0 Å². The number of benzene rings is 2. The van der Waals surface area contributed by atoms with E-state index in [0.717, 1.165) is 21.3 Å². The maximum absolute atomic E-state index is 12.2. The van der Waals surface area contributed by atoms with Gasteiger partial charge in [0.2, 0.25) is 0 Å². The molecule has 2 aromatic carbocycles. The molecule has 0 saturated carbocycles. The Kier molecular flexibility index (Phi) is 4.89. The second-order valence-corrected chi connectivity index (χ2v) is 6.56. The van der Waals surface area contributed by atoms with Crippen LogP contribution in [0.4, 0.5) is 5.69 Å². The number of anilines is 1. The molecule has 0 bridgehead atoms. The van der Waals surface area contributed by atoms with Gasteiger partial charge in [0.05, 0.1) is 5.02 Å². The highest BCUT2D eigenvalue weighted by atomic mass is 79.9. The first kappa shape index (κ1) is 15.5. The van der Waals surface area contributed by atoms with Gasteiger partial charge in [0, 0.05) is 20.2 Å². The summed E-state index contributed by atoms with van der Waals surface area (Å²) >= 11 is 12.7. The molecular weight excluding hydrogens is 405 g/mol. The van der Waals surface area contributed by atoms with E-state index in [9.17, 15) is 4.79 Å². The zero-order chi connectivity index (χ0) is 14.9. The third-order valence-corrected chi connectivity index (χ3v) is 5.34. The minimum atomic E-state index is -0.163. The molecule has 0 atom stereocenters. The van der Waals surface area contributed by atoms with E-state index in [1.165, 1.54) is 0 Å². The van der Waals surface area contributed by atoms with E-state index < -0.39 is 0 Å². The summed E-state index contributed by atoms with van der Waals surface area (Å²) < 4.78 is 1.76. The minimum absolute atomic E-state index is 0.163. The first-order valence-corrected chi connectivity index (χ1v) is 7.88. The Bertz CT molecular complexity index is 663. The fraction of sp³-hybridized carbons (Fsp3) is 0.133. The Morgan fingerprint density at radius 3 is 2.25 bits per heavy atom.